The van der Waals surface area contributed by atoms with Gasteiger partial charge in [-0.2, -0.15) is 0 Å². The molecule has 4 heterocycles. The average molecular weight is 446 g/mol. The molecule has 0 spiro atoms. The van der Waals surface area contributed by atoms with Gasteiger partial charge in [-0.1, -0.05) is 12.1 Å². The summed E-state index contributed by atoms with van der Waals surface area (Å²) < 4.78 is 5.32. The van der Waals surface area contributed by atoms with E-state index in [2.05, 4.69) is 27.9 Å². The summed E-state index contributed by atoms with van der Waals surface area (Å²) in [5.41, 5.74) is 4.96. The number of carbonyl (C=O) groups excluding carboxylic acids is 1. The van der Waals surface area contributed by atoms with Crippen molar-refractivity contribution in [3.63, 3.8) is 0 Å². The van der Waals surface area contributed by atoms with Crippen LogP contribution < -0.4 is 9.80 Å². The lowest BCUT2D eigenvalue weighted by Crippen LogP contribution is -2.45. The molecule has 2 aliphatic heterocycles. The zero-order valence-electron chi connectivity index (χ0n) is 19.4. The fraction of sp³-hybridized carbons (Fsp3) is 0.423. The van der Waals surface area contributed by atoms with Crippen LogP contribution in [0.2, 0.25) is 0 Å². The minimum absolute atomic E-state index is 0.0438. The number of hydrogen-bond acceptors (Lipinski definition) is 6. The summed E-state index contributed by atoms with van der Waals surface area (Å²) in [4.78, 5) is 29.3. The topological polar surface area (TPSA) is 65.7 Å². The molecule has 5 rings (SSSR count). The Kier molecular flexibility index (Phi) is 6.13. The average Bonchev–Trinajstić information content (AvgIpc) is 3.28. The molecule has 1 aromatic carbocycles. The van der Waals surface area contributed by atoms with E-state index >= 15 is 0 Å². The van der Waals surface area contributed by atoms with Gasteiger partial charge in [-0.3, -0.25) is 9.78 Å². The number of hydrogen-bond donors (Lipinski definition) is 0. The lowest BCUT2D eigenvalue weighted by atomic mass is 9.91. The van der Waals surface area contributed by atoms with Crippen LogP contribution in [0.4, 0.5) is 11.4 Å². The largest absolute Gasteiger partial charge is 0.449 e. The van der Waals surface area contributed by atoms with E-state index in [4.69, 9.17) is 9.40 Å². The highest BCUT2D eigenvalue weighted by Gasteiger charge is 2.31. The third kappa shape index (κ3) is 4.64. The van der Waals surface area contributed by atoms with E-state index in [0.717, 1.165) is 68.2 Å². The molecular weight excluding hydrogens is 414 g/mol. The van der Waals surface area contributed by atoms with Gasteiger partial charge in [0.15, 0.2) is 5.89 Å². The van der Waals surface area contributed by atoms with Gasteiger partial charge in [-0.25, -0.2) is 4.98 Å². The summed E-state index contributed by atoms with van der Waals surface area (Å²) in [5, 5.41) is 0. The maximum absolute atomic E-state index is 13.5. The zero-order valence-corrected chi connectivity index (χ0v) is 19.4. The Morgan fingerprint density at radius 3 is 2.58 bits per heavy atom. The summed E-state index contributed by atoms with van der Waals surface area (Å²) in [5.74, 6) is 0.799. The van der Waals surface area contributed by atoms with Gasteiger partial charge in [0.2, 0.25) is 5.91 Å². The van der Waals surface area contributed by atoms with Crippen LogP contribution in [-0.2, 0) is 11.2 Å². The van der Waals surface area contributed by atoms with Crippen LogP contribution in [0.5, 0.6) is 0 Å². The smallest absolute Gasteiger partial charge is 0.230 e. The third-order valence-electron chi connectivity index (χ3n) is 6.79. The Balaban J connectivity index is 1.31. The molecule has 2 aliphatic rings. The number of likely N-dealkylation sites (N-methyl/N-ethyl adjacent to an activating group) is 1. The molecule has 0 aliphatic carbocycles. The van der Waals surface area contributed by atoms with Crippen LogP contribution in [0.15, 0.2) is 53.3 Å². The summed E-state index contributed by atoms with van der Waals surface area (Å²) >= 11 is 0. The molecule has 2 aromatic heterocycles. The van der Waals surface area contributed by atoms with Gasteiger partial charge in [0.05, 0.1) is 11.4 Å². The quantitative estimate of drug-likeness (QED) is 0.596. The molecule has 33 heavy (non-hydrogen) atoms. The molecule has 1 amide bonds. The van der Waals surface area contributed by atoms with Crippen LogP contribution in [-0.4, -0.2) is 60.5 Å². The molecule has 3 aromatic rings. The lowest BCUT2D eigenvalue weighted by Gasteiger charge is -2.36. The van der Waals surface area contributed by atoms with E-state index in [1.807, 2.05) is 48.4 Å². The van der Waals surface area contributed by atoms with Crippen LogP contribution in [0.25, 0.3) is 11.3 Å². The van der Waals surface area contributed by atoms with Crippen molar-refractivity contribution in [2.24, 2.45) is 5.92 Å². The first-order chi connectivity index (χ1) is 16.1. The van der Waals surface area contributed by atoms with Crippen molar-refractivity contribution in [1.29, 1.82) is 0 Å². The van der Waals surface area contributed by atoms with Crippen LogP contribution >= 0.6 is 0 Å². The molecule has 7 heteroatoms. The van der Waals surface area contributed by atoms with Gasteiger partial charge < -0.3 is 19.1 Å². The first-order valence-electron chi connectivity index (χ1n) is 11.8. The highest BCUT2D eigenvalue weighted by atomic mass is 16.3. The number of pyridine rings is 1. The fourth-order valence-corrected chi connectivity index (χ4v) is 4.86. The zero-order chi connectivity index (χ0) is 22.8. The molecule has 172 valence electrons. The number of piperidine rings is 1. The summed E-state index contributed by atoms with van der Waals surface area (Å²) in [7, 11) is 2.16. The van der Waals surface area contributed by atoms with Crippen LogP contribution in [0.1, 0.15) is 24.4 Å². The molecule has 2 saturated heterocycles. The fourth-order valence-electron chi connectivity index (χ4n) is 4.86. The molecule has 2 fully saturated rings. The van der Waals surface area contributed by atoms with E-state index in [1.54, 1.807) is 6.26 Å². The normalized spacial score (nSPS) is 19.8. The molecule has 0 saturated carbocycles. The molecule has 1 atom stereocenters. The van der Waals surface area contributed by atoms with Crippen molar-refractivity contribution in [3.05, 3.63) is 60.4 Å². The molecule has 0 N–H and O–H groups in total. The van der Waals surface area contributed by atoms with Gasteiger partial charge in [-0.15, -0.1) is 0 Å². The van der Waals surface area contributed by atoms with Gasteiger partial charge >= 0.3 is 0 Å². The third-order valence-corrected chi connectivity index (χ3v) is 6.79. The second kappa shape index (κ2) is 9.35. The molecular formula is C26H31N5O2. The predicted octanol–water partition coefficient (Wildman–Crippen LogP) is 3.78. The number of amides is 1. The lowest BCUT2D eigenvalue weighted by molar-refractivity contribution is -0.123. The van der Waals surface area contributed by atoms with Gasteiger partial charge in [0.25, 0.3) is 0 Å². The van der Waals surface area contributed by atoms with Gasteiger partial charge in [0.1, 0.15) is 12.0 Å². The Bertz CT molecular complexity index is 1100. The number of piperazine rings is 1. The van der Waals surface area contributed by atoms with E-state index in [9.17, 15) is 4.79 Å². The van der Waals surface area contributed by atoms with E-state index in [1.165, 1.54) is 5.69 Å². The summed E-state index contributed by atoms with van der Waals surface area (Å²) in [6.45, 7) is 6.68. The van der Waals surface area contributed by atoms with Crippen molar-refractivity contribution in [3.8, 4) is 11.3 Å². The van der Waals surface area contributed by atoms with Crippen molar-refractivity contribution < 1.29 is 9.21 Å². The summed E-state index contributed by atoms with van der Waals surface area (Å²) in [6, 6.07) is 12.2. The van der Waals surface area contributed by atoms with E-state index < -0.39 is 0 Å². The Hall–Kier alpha value is -3.19. The maximum Gasteiger partial charge on any atom is 0.230 e. The number of carbonyl (C=O) groups is 1. The van der Waals surface area contributed by atoms with Crippen molar-refractivity contribution in [2.75, 3.05) is 49.6 Å². The monoisotopic (exact) mass is 445 g/mol. The van der Waals surface area contributed by atoms with E-state index in [-0.39, 0.29) is 11.8 Å². The number of oxazole rings is 1. The number of nitrogens with zero attached hydrogens (tertiary/aromatic N) is 5. The maximum atomic E-state index is 13.5. The SMILES string of the molecule is Cc1nc(-c2ccc(N3CCCC(Cc4ncccc4N4CCN(C)CC4)C3=O)cc2)co1. The minimum Gasteiger partial charge on any atom is -0.449 e. The molecule has 0 radical (unpaired) electrons. The summed E-state index contributed by atoms with van der Waals surface area (Å²) in [6.07, 6.45) is 6.11. The second-order valence-corrected chi connectivity index (χ2v) is 9.09. The highest BCUT2D eigenvalue weighted by Crippen LogP contribution is 2.31. The Morgan fingerprint density at radius 1 is 1.06 bits per heavy atom. The Morgan fingerprint density at radius 2 is 1.85 bits per heavy atom. The van der Waals surface area contributed by atoms with Crippen LogP contribution in [0, 0.1) is 12.8 Å². The molecule has 0 bridgehead atoms. The number of anilines is 2. The minimum atomic E-state index is -0.0438. The van der Waals surface area contributed by atoms with Crippen molar-refractivity contribution in [2.45, 2.75) is 26.2 Å². The standard InChI is InChI=1S/C26H31N5O2/c1-19-28-24(18-33-19)20-7-9-22(10-8-20)31-12-4-5-21(26(31)32)17-23-25(6-3-11-27-23)30-15-13-29(2)14-16-30/h3,6-11,18,21H,4-5,12-17H2,1-2H3. The first-order valence-corrected chi connectivity index (χ1v) is 11.8. The van der Waals surface area contributed by atoms with Crippen molar-refractivity contribution >= 4 is 17.3 Å². The first kappa shape index (κ1) is 21.6. The van der Waals surface area contributed by atoms with Crippen molar-refractivity contribution in [1.82, 2.24) is 14.9 Å². The second-order valence-electron chi connectivity index (χ2n) is 9.09. The number of rotatable bonds is 5. The van der Waals surface area contributed by atoms with E-state index in [0.29, 0.717) is 12.3 Å². The number of aryl methyl sites for hydroxylation is 1. The molecule has 7 nitrogen and oxygen atoms in total. The van der Waals surface area contributed by atoms with Crippen LogP contribution in [0.3, 0.4) is 0 Å². The number of benzene rings is 1. The van der Waals surface area contributed by atoms with Gasteiger partial charge in [0, 0.05) is 69.4 Å². The number of aromatic nitrogens is 2. The molecule has 1 unspecified atom stereocenters. The highest BCUT2D eigenvalue weighted by molar-refractivity contribution is 5.96. The Labute approximate surface area is 195 Å². The van der Waals surface area contributed by atoms with Gasteiger partial charge in [-0.05, 0) is 44.2 Å². The predicted molar refractivity (Wildman–Crippen MR) is 129 cm³/mol.